The number of nitrogens with one attached hydrogen (secondary N) is 1. The smallest absolute Gasteiger partial charge is 0.225 e. The summed E-state index contributed by atoms with van der Waals surface area (Å²) in [5.41, 5.74) is 0. The molecule has 0 aromatic carbocycles. The number of piperazine rings is 1. The summed E-state index contributed by atoms with van der Waals surface area (Å²) < 4.78 is 0. The molecular weight excluding hydrogens is 354 g/mol. The van der Waals surface area contributed by atoms with Gasteiger partial charge in [-0.25, -0.2) is 0 Å². The number of hydrogen-bond donors (Lipinski definition) is 2. The Morgan fingerprint density at radius 3 is 2.29 bits per heavy atom. The number of aliphatic hydroxyl groups excluding tert-OH is 1. The molecule has 0 aromatic rings. The quantitative estimate of drug-likeness (QED) is 0.541. The van der Waals surface area contributed by atoms with Gasteiger partial charge in [-0.1, -0.05) is 19.3 Å². The van der Waals surface area contributed by atoms with Crippen LogP contribution in [0.2, 0.25) is 0 Å². The lowest BCUT2D eigenvalue weighted by molar-refractivity contribution is -0.138. The molecule has 0 bridgehead atoms. The van der Waals surface area contributed by atoms with E-state index in [0.29, 0.717) is 5.91 Å². The van der Waals surface area contributed by atoms with Crippen LogP contribution in [-0.4, -0.2) is 96.7 Å². The van der Waals surface area contributed by atoms with Gasteiger partial charge in [0.05, 0.1) is 12.6 Å². The van der Waals surface area contributed by atoms with Gasteiger partial charge in [0.15, 0.2) is 5.96 Å². The van der Waals surface area contributed by atoms with Crippen LogP contribution in [0.15, 0.2) is 4.99 Å². The van der Waals surface area contributed by atoms with Crippen LogP contribution >= 0.6 is 0 Å². The van der Waals surface area contributed by atoms with Crippen LogP contribution in [0.1, 0.15) is 51.9 Å². The fourth-order valence-electron chi connectivity index (χ4n) is 4.60. The van der Waals surface area contributed by atoms with Crippen molar-refractivity contribution in [2.24, 2.45) is 10.9 Å². The molecule has 2 saturated heterocycles. The zero-order valence-corrected chi connectivity index (χ0v) is 17.6. The van der Waals surface area contributed by atoms with E-state index in [9.17, 15) is 9.90 Å². The van der Waals surface area contributed by atoms with Gasteiger partial charge in [-0.15, -0.1) is 0 Å². The van der Waals surface area contributed by atoms with Gasteiger partial charge in [0.25, 0.3) is 0 Å². The Labute approximate surface area is 170 Å². The van der Waals surface area contributed by atoms with Crippen LogP contribution in [0, 0.1) is 5.92 Å². The summed E-state index contributed by atoms with van der Waals surface area (Å²) in [6.07, 6.45) is 7.40. The monoisotopic (exact) mass is 393 g/mol. The van der Waals surface area contributed by atoms with E-state index in [-0.39, 0.29) is 12.0 Å². The standard InChI is InChI=1S/C21H39N5O2/c1-2-22-21(26-11-8-19(27)9-12-26)23-10-13-24-14-16-25(17-15-24)20(28)18-6-4-3-5-7-18/h18-19,27H,2-17H2,1H3,(H,22,23). The average Bonchev–Trinajstić information content (AvgIpc) is 2.74. The number of nitrogens with zero attached hydrogens (tertiary/aromatic N) is 4. The highest BCUT2D eigenvalue weighted by molar-refractivity contribution is 5.80. The fraction of sp³-hybridized carbons (Fsp3) is 0.905. The molecule has 0 aromatic heterocycles. The molecule has 1 aliphatic carbocycles. The second-order valence-electron chi connectivity index (χ2n) is 8.46. The maximum absolute atomic E-state index is 12.7. The molecule has 1 amide bonds. The Morgan fingerprint density at radius 1 is 0.964 bits per heavy atom. The fourth-order valence-corrected chi connectivity index (χ4v) is 4.60. The van der Waals surface area contributed by atoms with E-state index < -0.39 is 0 Å². The van der Waals surface area contributed by atoms with Crippen LogP contribution < -0.4 is 5.32 Å². The second-order valence-corrected chi connectivity index (χ2v) is 8.46. The van der Waals surface area contributed by atoms with Gasteiger partial charge in [-0.2, -0.15) is 0 Å². The summed E-state index contributed by atoms with van der Waals surface area (Å²) in [4.78, 5) is 24.3. The molecule has 0 atom stereocenters. The third-order valence-corrected chi connectivity index (χ3v) is 6.42. The number of rotatable bonds is 5. The highest BCUT2D eigenvalue weighted by atomic mass is 16.3. The minimum atomic E-state index is -0.160. The summed E-state index contributed by atoms with van der Waals surface area (Å²) >= 11 is 0. The Morgan fingerprint density at radius 2 is 1.64 bits per heavy atom. The minimum Gasteiger partial charge on any atom is -0.393 e. The molecule has 0 spiro atoms. The predicted molar refractivity (Wildman–Crippen MR) is 112 cm³/mol. The van der Waals surface area contributed by atoms with E-state index in [2.05, 4.69) is 26.9 Å². The van der Waals surface area contributed by atoms with E-state index in [0.717, 1.165) is 90.5 Å². The lowest BCUT2D eigenvalue weighted by Gasteiger charge is -2.37. The summed E-state index contributed by atoms with van der Waals surface area (Å²) in [6.45, 7) is 10.1. The lowest BCUT2D eigenvalue weighted by atomic mass is 9.88. The molecule has 0 unspecified atom stereocenters. The average molecular weight is 394 g/mol. The largest absolute Gasteiger partial charge is 0.393 e. The molecule has 0 radical (unpaired) electrons. The zero-order chi connectivity index (χ0) is 19.8. The van der Waals surface area contributed by atoms with Gasteiger partial charge < -0.3 is 20.2 Å². The maximum atomic E-state index is 12.7. The highest BCUT2D eigenvalue weighted by Crippen LogP contribution is 2.25. The van der Waals surface area contributed by atoms with E-state index in [4.69, 9.17) is 4.99 Å². The summed E-state index contributed by atoms with van der Waals surface area (Å²) in [7, 11) is 0. The predicted octanol–water partition coefficient (Wildman–Crippen LogP) is 1.13. The van der Waals surface area contributed by atoms with Crippen molar-refractivity contribution < 1.29 is 9.90 Å². The van der Waals surface area contributed by atoms with Crippen LogP contribution in [0.5, 0.6) is 0 Å². The summed E-state index contributed by atoms with van der Waals surface area (Å²) in [5.74, 6) is 1.66. The molecule has 160 valence electrons. The molecule has 7 nitrogen and oxygen atoms in total. The first-order valence-corrected chi connectivity index (χ1v) is 11.4. The first kappa shape index (κ1) is 21.4. The molecule has 28 heavy (non-hydrogen) atoms. The number of aliphatic hydroxyl groups is 1. The molecule has 3 fully saturated rings. The van der Waals surface area contributed by atoms with Crippen LogP contribution in [0.4, 0.5) is 0 Å². The number of amides is 1. The number of aliphatic imine (C=N–C) groups is 1. The normalized spacial score (nSPS) is 23.9. The Hall–Kier alpha value is -1.34. The van der Waals surface area contributed by atoms with Crippen molar-refractivity contribution in [1.29, 1.82) is 0 Å². The van der Waals surface area contributed by atoms with E-state index >= 15 is 0 Å². The number of carbonyl (C=O) groups excluding carboxylic acids is 1. The first-order chi connectivity index (χ1) is 13.7. The van der Waals surface area contributed by atoms with Crippen molar-refractivity contribution >= 4 is 11.9 Å². The third kappa shape index (κ3) is 6.08. The van der Waals surface area contributed by atoms with Crippen molar-refractivity contribution in [3.05, 3.63) is 0 Å². The van der Waals surface area contributed by atoms with Crippen LogP contribution in [0.3, 0.4) is 0 Å². The van der Waals surface area contributed by atoms with Gasteiger partial charge in [0.1, 0.15) is 0 Å². The van der Waals surface area contributed by atoms with Gasteiger partial charge in [0, 0.05) is 58.3 Å². The first-order valence-electron chi connectivity index (χ1n) is 11.4. The molecule has 7 heteroatoms. The van der Waals surface area contributed by atoms with Gasteiger partial charge in [-0.3, -0.25) is 14.7 Å². The number of piperidine rings is 1. The summed E-state index contributed by atoms with van der Waals surface area (Å²) in [5, 5.41) is 13.1. The molecule has 2 heterocycles. The van der Waals surface area contributed by atoms with Crippen molar-refractivity contribution in [2.75, 3.05) is 58.9 Å². The van der Waals surface area contributed by atoms with Gasteiger partial charge in [0.2, 0.25) is 5.91 Å². The second kappa shape index (κ2) is 11.0. The van der Waals surface area contributed by atoms with E-state index in [1.165, 1.54) is 19.3 Å². The molecular formula is C21H39N5O2. The van der Waals surface area contributed by atoms with Crippen molar-refractivity contribution in [3.63, 3.8) is 0 Å². The zero-order valence-electron chi connectivity index (χ0n) is 17.6. The van der Waals surface area contributed by atoms with Gasteiger partial charge >= 0.3 is 0 Å². The SMILES string of the molecule is CCNC(=NCCN1CCN(C(=O)C2CCCCC2)CC1)N1CCC(O)CC1. The van der Waals surface area contributed by atoms with Crippen LogP contribution in [-0.2, 0) is 4.79 Å². The molecule has 3 rings (SSSR count). The van der Waals surface area contributed by atoms with Gasteiger partial charge in [-0.05, 0) is 32.6 Å². The Bertz CT molecular complexity index is 505. The van der Waals surface area contributed by atoms with Crippen LogP contribution in [0.25, 0.3) is 0 Å². The number of guanidine groups is 1. The van der Waals surface area contributed by atoms with Crippen molar-refractivity contribution in [3.8, 4) is 0 Å². The van der Waals surface area contributed by atoms with Crippen molar-refractivity contribution in [1.82, 2.24) is 20.0 Å². The van der Waals surface area contributed by atoms with E-state index in [1.807, 2.05) is 0 Å². The maximum Gasteiger partial charge on any atom is 0.225 e. The lowest BCUT2D eigenvalue weighted by Crippen LogP contribution is -2.51. The minimum absolute atomic E-state index is 0.160. The van der Waals surface area contributed by atoms with E-state index in [1.54, 1.807) is 0 Å². The molecule has 2 N–H and O–H groups in total. The number of hydrogen-bond acceptors (Lipinski definition) is 4. The Kier molecular flexibility index (Phi) is 8.40. The molecule has 1 saturated carbocycles. The third-order valence-electron chi connectivity index (χ3n) is 6.42. The number of likely N-dealkylation sites (tertiary alicyclic amines) is 1. The Balaban J connectivity index is 1.40. The van der Waals surface area contributed by atoms with Crippen molar-refractivity contribution in [2.45, 2.75) is 58.0 Å². The molecule has 2 aliphatic heterocycles. The summed E-state index contributed by atoms with van der Waals surface area (Å²) in [6, 6.07) is 0. The topological polar surface area (TPSA) is 71.4 Å². The molecule has 3 aliphatic rings. The number of carbonyl (C=O) groups is 1. The highest BCUT2D eigenvalue weighted by Gasteiger charge is 2.28.